The maximum absolute atomic E-state index is 10.9. The molecule has 5 nitrogen and oxygen atoms in total. The maximum Gasteiger partial charge on any atom is 0.306 e. The molecule has 1 aromatic carbocycles. The molecule has 0 unspecified atom stereocenters. The van der Waals surface area contributed by atoms with Crippen molar-refractivity contribution in [3.63, 3.8) is 0 Å². The largest absolute Gasteiger partial charge is 0.497 e. The first-order chi connectivity index (χ1) is 9.93. The van der Waals surface area contributed by atoms with E-state index in [4.69, 9.17) is 15.6 Å². The lowest BCUT2D eigenvalue weighted by molar-refractivity contribution is -0.144. The predicted octanol–water partition coefficient (Wildman–Crippen LogP) is 2.38. The number of methoxy groups -OCH3 is 1. The topological polar surface area (TPSA) is 92.8 Å². The highest BCUT2D eigenvalue weighted by molar-refractivity contribution is 7.99. The summed E-state index contributed by atoms with van der Waals surface area (Å²) in [6, 6.07) is 5.44. The van der Waals surface area contributed by atoms with Gasteiger partial charge in [-0.3, -0.25) is 4.79 Å². The third-order valence-corrected chi connectivity index (χ3v) is 5.33. The van der Waals surface area contributed by atoms with Crippen LogP contribution in [0.4, 0.5) is 5.69 Å². The number of anilines is 1. The fourth-order valence-corrected chi connectivity index (χ4v) is 3.67. The number of carbonyl (C=O) groups is 1. The van der Waals surface area contributed by atoms with Crippen LogP contribution >= 0.6 is 11.8 Å². The number of thioether (sulfide) groups is 1. The van der Waals surface area contributed by atoms with Crippen molar-refractivity contribution in [2.75, 3.05) is 18.6 Å². The summed E-state index contributed by atoms with van der Waals surface area (Å²) in [5.41, 5.74) is 5.77. The Morgan fingerprint density at radius 1 is 1.48 bits per heavy atom. The molecule has 0 aromatic heterocycles. The summed E-state index contributed by atoms with van der Waals surface area (Å²) in [6.07, 6.45) is 2.08. The van der Waals surface area contributed by atoms with Gasteiger partial charge in [0, 0.05) is 16.3 Å². The lowest BCUT2D eigenvalue weighted by Crippen LogP contribution is -2.38. The molecule has 1 aromatic rings. The monoisotopic (exact) mass is 311 g/mol. The average molecular weight is 311 g/mol. The minimum absolute atomic E-state index is 0.322. The SMILES string of the molecule is COc1ccc(N)c(SCC2(O)CCC(C(=O)O)CC2)c1. The molecular formula is C15H21NO4S. The van der Waals surface area contributed by atoms with Crippen LogP contribution in [0.25, 0.3) is 0 Å². The van der Waals surface area contributed by atoms with Crippen LogP contribution in [0.3, 0.4) is 0 Å². The second kappa shape index (κ2) is 6.58. The van der Waals surface area contributed by atoms with Crippen molar-refractivity contribution < 1.29 is 19.7 Å². The summed E-state index contributed by atoms with van der Waals surface area (Å²) < 4.78 is 5.17. The van der Waals surface area contributed by atoms with Gasteiger partial charge in [-0.15, -0.1) is 11.8 Å². The van der Waals surface area contributed by atoms with Crippen molar-refractivity contribution in [3.8, 4) is 5.75 Å². The predicted molar refractivity (Wildman–Crippen MR) is 82.7 cm³/mol. The first-order valence-corrected chi connectivity index (χ1v) is 7.93. The number of benzene rings is 1. The van der Waals surface area contributed by atoms with Crippen molar-refractivity contribution in [1.82, 2.24) is 0 Å². The van der Waals surface area contributed by atoms with Crippen LogP contribution in [0.1, 0.15) is 25.7 Å². The lowest BCUT2D eigenvalue weighted by Gasteiger charge is -2.34. The van der Waals surface area contributed by atoms with Crippen LogP contribution in [0.2, 0.25) is 0 Å². The Labute approximate surface area is 128 Å². The minimum Gasteiger partial charge on any atom is -0.497 e. The molecule has 0 bridgehead atoms. The van der Waals surface area contributed by atoms with Crippen LogP contribution in [0, 0.1) is 5.92 Å². The van der Waals surface area contributed by atoms with E-state index < -0.39 is 11.6 Å². The molecule has 0 radical (unpaired) electrons. The third kappa shape index (κ3) is 4.04. The molecule has 1 aliphatic rings. The molecule has 4 N–H and O–H groups in total. The van der Waals surface area contributed by atoms with E-state index in [1.54, 1.807) is 19.2 Å². The molecule has 0 spiro atoms. The van der Waals surface area contributed by atoms with Crippen molar-refractivity contribution >= 4 is 23.4 Å². The van der Waals surface area contributed by atoms with E-state index in [0.717, 1.165) is 10.6 Å². The summed E-state index contributed by atoms with van der Waals surface area (Å²) in [5, 5.41) is 19.6. The standard InChI is InChI=1S/C15H21NO4S/c1-20-11-2-3-12(16)13(8-11)21-9-15(19)6-4-10(5-7-15)14(17)18/h2-3,8,10,19H,4-7,9,16H2,1H3,(H,17,18). The number of nitrogens with two attached hydrogens (primary N) is 1. The van der Waals surface area contributed by atoms with E-state index in [1.165, 1.54) is 11.8 Å². The maximum atomic E-state index is 10.9. The quantitative estimate of drug-likeness (QED) is 0.571. The van der Waals surface area contributed by atoms with Gasteiger partial charge in [0.05, 0.1) is 18.6 Å². The van der Waals surface area contributed by atoms with Crippen molar-refractivity contribution in [1.29, 1.82) is 0 Å². The number of aliphatic hydroxyl groups is 1. The van der Waals surface area contributed by atoms with Crippen LogP contribution in [0.5, 0.6) is 5.75 Å². The molecule has 0 aliphatic heterocycles. The smallest absolute Gasteiger partial charge is 0.306 e. The van der Waals surface area contributed by atoms with Crippen LogP contribution < -0.4 is 10.5 Å². The molecule has 0 heterocycles. The zero-order valence-electron chi connectivity index (χ0n) is 12.0. The Hall–Kier alpha value is -1.40. The molecule has 0 saturated heterocycles. The summed E-state index contributed by atoms with van der Waals surface area (Å²) in [4.78, 5) is 11.8. The zero-order chi connectivity index (χ0) is 15.5. The number of carboxylic acid groups (broad SMARTS) is 1. The Kier molecular flexibility index (Phi) is 5.00. The molecular weight excluding hydrogens is 290 g/mol. The van der Waals surface area contributed by atoms with E-state index in [2.05, 4.69) is 0 Å². The molecule has 6 heteroatoms. The van der Waals surface area contributed by atoms with Gasteiger partial charge in [-0.1, -0.05) is 0 Å². The van der Waals surface area contributed by atoms with Gasteiger partial charge >= 0.3 is 5.97 Å². The van der Waals surface area contributed by atoms with Gasteiger partial charge < -0.3 is 20.7 Å². The van der Waals surface area contributed by atoms with Gasteiger partial charge in [0.1, 0.15) is 5.75 Å². The normalized spacial score (nSPS) is 25.5. The summed E-state index contributed by atoms with van der Waals surface area (Å²) in [7, 11) is 1.60. The fraction of sp³-hybridized carbons (Fsp3) is 0.533. The summed E-state index contributed by atoms with van der Waals surface area (Å²) >= 11 is 1.49. The van der Waals surface area contributed by atoms with Gasteiger partial charge in [-0.2, -0.15) is 0 Å². The second-order valence-electron chi connectivity index (χ2n) is 5.53. The number of carboxylic acids is 1. The van der Waals surface area contributed by atoms with E-state index in [-0.39, 0.29) is 5.92 Å². The number of hydrogen-bond acceptors (Lipinski definition) is 5. The van der Waals surface area contributed by atoms with Crippen molar-refractivity contribution in [2.45, 2.75) is 36.2 Å². The highest BCUT2D eigenvalue weighted by atomic mass is 32.2. The molecule has 21 heavy (non-hydrogen) atoms. The number of rotatable bonds is 5. The fourth-order valence-electron chi connectivity index (χ4n) is 2.53. The van der Waals surface area contributed by atoms with E-state index in [1.807, 2.05) is 6.07 Å². The van der Waals surface area contributed by atoms with Crippen LogP contribution in [0.15, 0.2) is 23.1 Å². The average Bonchev–Trinajstić information content (AvgIpc) is 2.47. The lowest BCUT2D eigenvalue weighted by atomic mass is 9.80. The van der Waals surface area contributed by atoms with E-state index in [9.17, 15) is 9.90 Å². The Balaban J connectivity index is 1.95. The first kappa shape index (κ1) is 16.0. The summed E-state index contributed by atoms with van der Waals surface area (Å²) in [5.74, 6) is 0.156. The molecule has 1 saturated carbocycles. The Morgan fingerprint density at radius 2 is 2.14 bits per heavy atom. The minimum atomic E-state index is -0.813. The zero-order valence-corrected chi connectivity index (χ0v) is 12.9. The molecule has 116 valence electrons. The number of ether oxygens (including phenoxy) is 1. The van der Waals surface area contributed by atoms with Gasteiger partial charge in [-0.05, 0) is 43.9 Å². The van der Waals surface area contributed by atoms with Gasteiger partial charge in [0.15, 0.2) is 0 Å². The van der Waals surface area contributed by atoms with Crippen molar-refractivity contribution in [3.05, 3.63) is 18.2 Å². The Morgan fingerprint density at radius 3 is 2.71 bits per heavy atom. The highest BCUT2D eigenvalue weighted by Crippen LogP contribution is 2.38. The molecule has 1 fully saturated rings. The molecule has 1 aliphatic carbocycles. The molecule has 0 atom stereocenters. The van der Waals surface area contributed by atoms with Gasteiger partial charge in [0.25, 0.3) is 0 Å². The van der Waals surface area contributed by atoms with Crippen molar-refractivity contribution in [2.24, 2.45) is 5.92 Å². The van der Waals surface area contributed by atoms with E-state index >= 15 is 0 Å². The first-order valence-electron chi connectivity index (χ1n) is 6.95. The molecule has 0 amide bonds. The van der Waals surface area contributed by atoms with E-state index in [0.29, 0.717) is 37.1 Å². The molecule has 2 rings (SSSR count). The number of nitrogen functional groups attached to an aromatic ring is 1. The summed E-state index contributed by atoms with van der Waals surface area (Å²) in [6.45, 7) is 0. The highest BCUT2D eigenvalue weighted by Gasteiger charge is 2.35. The van der Waals surface area contributed by atoms with Crippen LogP contribution in [-0.2, 0) is 4.79 Å². The van der Waals surface area contributed by atoms with Gasteiger partial charge in [0.2, 0.25) is 0 Å². The number of aliphatic carboxylic acids is 1. The second-order valence-corrected chi connectivity index (χ2v) is 6.55. The Bertz CT molecular complexity index is 512. The van der Waals surface area contributed by atoms with Crippen LogP contribution in [-0.4, -0.2) is 34.6 Å². The third-order valence-electron chi connectivity index (χ3n) is 3.98. The van der Waals surface area contributed by atoms with Gasteiger partial charge in [-0.25, -0.2) is 0 Å². The number of hydrogen-bond donors (Lipinski definition) is 3.